The van der Waals surface area contributed by atoms with E-state index < -0.39 is 5.97 Å². The first kappa shape index (κ1) is 17.7. The van der Waals surface area contributed by atoms with Gasteiger partial charge in [-0.3, -0.25) is 4.79 Å². The summed E-state index contributed by atoms with van der Waals surface area (Å²) in [5, 5.41) is 8.65. The predicted molar refractivity (Wildman–Crippen MR) is 82.3 cm³/mol. The summed E-state index contributed by atoms with van der Waals surface area (Å²) in [5.74, 6) is -0.751. The lowest BCUT2D eigenvalue weighted by Crippen LogP contribution is -1.92. The highest BCUT2D eigenvalue weighted by Gasteiger charge is 1.97. The fraction of sp³-hybridized carbons (Fsp3) is 0.588. The van der Waals surface area contributed by atoms with Gasteiger partial charge in [0, 0.05) is 0 Å². The Morgan fingerprint density at radius 2 is 1.63 bits per heavy atom. The lowest BCUT2D eigenvalue weighted by Gasteiger charge is -2.03. The number of hydrogen-bond donors (Lipinski definition) is 1. The average molecular weight is 264 g/mol. The van der Waals surface area contributed by atoms with Crippen molar-refractivity contribution in [2.24, 2.45) is 0 Å². The van der Waals surface area contributed by atoms with E-state index in [2.05, 4.69) is 39.8 Å². The first-order valence-electron chi connectivity index (χ1n) is 7.14. The molecule has 0 aromatic heterocycles. The van der Waals surface area contributed by atoms with Crippen molar-refractivity contribution in [2.75, 3.05) is 0 Å². The van der Waals surface area contributed by atoms with Crippen LogP contribution in [0.1, 0.15) is 66.2 Å². The van der Waals surface area contributed by atoms with Crippen molar-refractivity contribution in [1.82, 2.24) is 0 Å². The summed E-state index contributed by atoms with van der Waals surface area (Å²) in [7, 11) is 0. The van der Waals surface area contributed by atoms with Gasteiger partial charge >= 0.3 is 5.97 Å². The van der Waals surface area contributed by atoms with E-state index in [1.807, 2.05) is 6.08 Å². The van der Waals surface area contributed by atoms with Crippen molar-refractivity contribution < 1.29 is 9.90 Å². The maximum atomic E-state index is 10.5. The largest absolute Gasteiger partial charge is 0.481 e. The Morgan fingerprint density at radius 1 is 1.00 bits per heavy atom. The Morgan fingerprint density at radius 3 is 2.16 bits per heavy atom. The number of carboxylic acids is 1. The molecule has 0 radical (unpaired) electrons. The maximum absolute atomic E-state index is 10.5. The molecule has 0 aromatic carbocycles. The van der Waals surface area contributed by atoms with Gasteiger partial charge in [-0.2, -0.15) is 0 Å². The molecule has 0 aliphatic heterocycles. The minimum Gasteiger partial charge on any atom is -0.481 e. The fourth-order valence-corrected chi connectivity index (χ4v) is 1.85. The monoisotopic (exact) mass is 264 g/mol. The number of hydrogen-bond acceptors (Lipinski definition) is 1. The van der Waals surface area contributed by atoms with Crippen molar-refractivity contribution in [3.63, 3.8) is 0 Å². The Balaban J connectivity index is 4.06. The van der Waals surface area contributed by atoms with E-state index in [9.17, 15) is 4.79 Å². The lowest BCUT2D eigenvalue weighted by atomic mass is 10.0. The van der Waals surface area contributed by atoms with Gasteiger partial charge in [0.05, 0.1) is 6.42 Å². The van der Waals surface area contributed by atoms with Crippen molar-refractivity contribution in [3.05, 3.63) is 34.9 Å². The molecule has 0 fully saturated rings. The summed E-state index contributed by atoms with van der Waals surface area (Å²) in [6, 6.07) is 0. The molecule has 0 heterocycles. The van der Waals surface area contributed by atoms with Crippen LogP contribution in [0.5, 0.6) is 0 Å². The van der Waals surface area contributed by atoms with E-state index in [0.29, 0.717) is 0 Å². The number of allylic oxidation sites excluding steroid dienone is 5. The van der Waals surface area contributed by atoms with E-state index >= 15 is 0 Å². The number of aliphatic carboxylic acids is 1. The molecule has 2 heteroatoms. The first-order valence-corrected chi connectivity index (χ1v) is 7.14. The maximum Gasteiger partial charge on any atom is 0.307 e. The van der Waals surface area contributed by atoms with Crippen LogP contribution in [0.15, 0.2) is 34.9 Å². The standard InChI is InChI=1S/C17H28O2/c1-5-16(12-13-17(18)19)11-7-10-15(4)9-6-8-14(2)3/h8,10,12H,5-7,9,11,13H2,1-4H3,(H,18,19). The zero-order chi connectivity index (χ0) is 14.7. The van der Waals surface area contributed by atoms with Gasteiger partial charge < -0.3 is 5.11 Å². The molecule has 0 saturated heterocycles. The van der Waals surface area contributed by atoms with Gasteiger partial charge in [-0.25, -0.2) is 0 Å². The fourth-order valence-electron chi connectivity index (χ4n) is 1.85. The SMILES string of the molecule is CCC(=CCC(=O)O)CCC=C(C)CCC=C(C)C. The zero-order valence-electron chi connectivity index (χ0n) is 12.8. The highest BCUT2D eigenvalue weighted by atomic mass is 16.4. The first-order chi connectivity index (χ1) is 8.95. The molecule has 0 bridgehead atoms. The third-order valence-electron chi connectivity index (χ3n) is 3.07. The minimum absolute atomic E-state index is 0.145. The van der Waals surface area contributed by atoms with Gasteiger partial charge in [0.25, 0.3) is 0 Å². The molecule has 1 N–H and O–H groups in total. The van der Waals surface area contributed by atoms with Crippen LogP contribution in [0.25, 0.3) is 0 Å². The van der Waals surface area contributed by atoms with Crippen LogP contribution in [0.4, 0.5) is 0 Å². The normalized spacial score (nSPS) is 12.4. The Bertz CT molecular complexity index is 355. The second-order valence-electron chi connectivity index (χ2n) is 5.22. The summed E-state index contributed by atoms with van der Waals surface area (Å²) in [5.41, 5.74) is 4.04. The highest BCUT2D eigenvalue weighted by Crippen LogP contribution is 2.14. The van der Waals surface area contributed by atoms with E-state index in [1.54, 1.807) is 0 Å². The summed E-state index contributed by atoms with van der Waals surface area (Å²) in [6.07, 6.45) is 11.7. The smallest absolute Gasteiger partial charge is 0.307 e. The van der Waals surface area contributed by atoms with Gasteiger partial charge in [0.2, 0.25) is 0 Å². The molecule has 0 aliphatic carbocycles. The van der Waals surface area contributed by atoms with Gasteiger partial charge in [-0.15, -0.1) is 0 Å². The Kier molecular flexibility index (Phi) is 9.87. The number of carboxylic acid groups (broad SMARTS) is 1. The van der Waals surface area contributed by atoms with Crippen LogP contribution in [0, 0.1) is 0 Å². The molecule has 0 saturated carbocycles. The van der Waals surface area contributed by atoms with E-state index in [0.717, 1.165) is 32.1 Å². The average Bonchev–Trinajstić information content (AvgIpc) is 2.32. The quantitative estimate of drug-likeness (QED) is 0.576. The van der Waals surface area contributed by atoms with Crippen molar-refractivity contribution in [3.8, 4) is 0 Å². The van der Waals surface area contributed by atoms with Gasteiger partial charge in [-0.1, -0.05) is 41.9 Å². The summed E-state index contributed by atoms with van der Waals surface area (Å²) in [4.78, 5) is 10.5. The molecule has 0 atom stereocenters. The molecule has 19 heavy (non-hydrogen) atoms. The van der Waals surface area contributed by atoms with Gasteiger partial charge in [-0.05, 0) is 52.9 Å². The minimum atomic E-state index is -0.751. The van der Waals surface area contributed by atoms with Crippen molar-refractivity contribution in [1.29, 1.82) is 0 Å². The van der Waals surface area contributed by atoms with Crippen LogP contribution >= 0.6 is 0 Å². The summed E-state index contributed by atoms with van der Waals surface area (Å²) < 4.78 is 0. The molecule has 0 spiro atoms. The zero-order valence-corrected chi connectivity index (χ0v) is 12.8. The van der Waals surface area contributed by atoms with E-state index in [1.165, 1.54) is 16.7 Å². The predicted octanol–water partition coefficient (Wildman–Crippen LogP) is 5.27. The van der Waals surface area contributed by atoms with E-state index in [-0.39, 0.29) is 6.42 Å². The number of rotatable bonds is 9. The third-order valence-corrected chi connectivity index (χ3v) is 3.07. The summed E-state index contributed by atoms with van der Waals surface area (Å²) in [6.45, 7) is 8.50. The van der Waals surface area contributed by atoms with Crippen LogP contribution in [-0.4, -0.2) is 11.1 Å². The van der Waals surface area contributed by atoms with Crippen molar-refractivity contribution >= 4 is 5.97 Å². The summed E-state index contributed by atoms with van der Waals surface area (Å²) >= 11 is 0. The molecule has 0 unspecified atom stereocenters. The number of carbonyl (C=O) groups is 1. The Hall–Kier alpha value is -1.31. The van der Waals surface area contributed by atoms with E-state index in [4.69, 9.17) is 5.11 Å². The molecular weight excluding hydrogens is 236 g/mol. The van der Waals surface area contributed by atoms with Crippen molar-refractivity contribution in [2.45, 2.75) is 66.2 Å². The second-order valence-corrected chi connectivity index (χ2v) is 5.22. The second kappa shape index (κ2) is 10.6. The Labute approximate surface area is 117 Å². The molecule has 0 amide bonds. The van der Waals surface area contributed by atoms with Crippen LogP contribution in [0.2, 0.25) is 0 Å². The molecule has 0 aliphatic rings. The van der Waals surface area contributed by atoms with Gasteiger partial charge in [0.15, 0.2) is 0 Å². The third kappa shape index (κ3) is 11.5. The molecule has 2 nitrogen and oxygen atoms in total. The molecule has 0 aromatic rings. The van der Waals surface area contributed by atoms with Crippen LogP contribution < -0.4 is 0 Å². The lowest BCUT2D eigenvalue weighted by molar-refractivity contribution is -0.136. The molecule has 108 valence electrons. The topological polar surface area (TPSA) is 37.3 Å². The van der Waals surface area contributed by atoms with Gasteiger partial charge in [0.1, 0.15) is 0 Å². The van der Waals surface area contributed by atoms with Crippen LogP contribution in [-0.2, 0) is 4.79 Å². The van der Waals surface area contributed by atoms with Crippen LogP contribution in [0.3, 0.4) is 0 Å². The molecular formula is C17H28O2. The highest BCUT2D eigenvalue weighted by molar-refractivity contribution is 5.68. The molecule has 0 rings (SSSR count).